The van der Waals surface area contributed by atoms with Crippen molar-refractivity contribution in [1.29, 1.82) is 0 Å². The molecule has 76 valence electrons. The molecule has 1 saturated heterocycles. The number of hydrogen-bond acceptors (Lipinski definition) is 2. The van der Waals surface area contributed by atoms with Gasteiger partial charge in [0.05, 0.1) is 6.54 Å². The van der Waals surface area contributed by atoms with Crippen molar-refractivity contribution in [2.75, 3.05) is 26.2 Å². The van der Waals surface area contributed by atoms with Gasteiger partial charge in [-0.05, 0) is 0 Å². The number of nitrogens with zero attached hydrogens (tertiary/aromatic N) is 1. The summed E-state index contributed by atoms with van der Waals surface area (Å²) in [5.41, 5.74) is 0. The Morgan fingerprint density at radius 2 is 2.15 bits per heavy atom. The van der Waals surface area contributed by atoms with Crippen molar-refractivity contribution in [2.45, 2.75) is 10.2 Å². The Bertz CT molecular complexity index is 193. The van der Waals surface area contributed by atoms with Gasteiger partial charge in [0, 0.05) is 26.1 Å². The molecule has 13 heavy (non-hydrogen) atoms. The van der Waals surface area contributed by atoms with Gasteiger partial charge in [-0.1, -0.05) is 34.8 Å². The summed E-state index contributed by atoms with van der Waals surface area (Å²) in [5, 5.41) is 2.73. The second-order valence-corrected chi connectivity index (χ2v) is 5.51. The number of nitrogens with one attached hydrogen (secondary N) is 1. The Morgan fingerprint density at radius 3 is 2.69 bits per heavy atom. The van der Waals surface area contributed by atoms with E-state index in [4.69, 9.17) is 34.8 Å². The van der Waals surface area contributed by atoms with Gasteiger partial charge in [-0.3, -0.25) is 9.69 Å². The van der Waals surface area contributed by atoms with Crippen LogP contribution >= 0.6 is 34.8 Å². The smallest absolute Gasteiger partial charge is 0.234 e. The van der Waals surface area contributed by atoms with Gasteiger partial charge in [-0.2, -0.15) is 0 Å². The first-order valence-electron chi connectivity index (χ1n) is 4.03. The van der Waals surface area contributed by atoms with E-state index in [1.165, 1.54) is 0 Å². The fourth-order valence-corrected chi connectivity index (χ4v) is 1.42. The highest BCUT2D eigenvalue weighted by Crippen LogP contribution is 2.29. The highest BCUT2D eigenvalue weighted by Gasteiger charge is 2.23. The molecule has 1 aliphatic heterocycles. The van der Waals surface area contributed by atoms with Gasteiger partial charge in [0.15, 0.2) is 3.79 Å². The molecule has 0 aromatic carbocycles. The van der Waals surface area contributed by atoms with Gasteiger partial charge in [0.25, 0.3) is 0 Å². The summed E-state index contributed by atoms with van der Waals surface area (Å²) in [4.78, 5) is 12.9. The van der Waals surface area contributed by atoms with Crippen LogP contribution in [-0.2, 0) is 4.79 Å². The molecule has 0 aliphatic carbocycles. The zero-order chi connectivity index (χ0) is 9.90. The van der Waals surface area contributed by atoms with Crippen LogP contribution in [0.5, 0.6) is 0 Å². The predicted octanol–water partition coefficient (Wildman–Crippen LogP) is 1.18. The van der Waals surface area contributed by atoms with Gasteiger partial charge in [0.1, 0.15) is 0 Å². The summed E-state index contributed by atoms with van der Waals surface area (Å²) in [6.07, 6.45) is 0.449. The molecule has 3 nitrogen and oxygen atoms in total. The summed E-state index contributed by atoms with van der Waals surface area (Å²) in [7, 11) is 0. The van der Waals surface area contributed by atoms with Crippen molar-refractivity contribution < 1.29 is 4.79 Å². The first kappa shape index (κ1) is 11.4. The Balaban J connectivity index is 2.25. The van der Waals surface area contributed by atoms with E-state index in [-0.39, 0.29) is 5.91 Å². The molecule has 0 aromatic heterocycles. The molecule has 0 atom stereocenters. The fraction of sp³-hybridized carbons (Fsp3) is 0.857. The third-order valence-corrected chi connectivity index (χ3v) is 2.40. The molecule has 0 unspecified atom stereocenters. The molecule has 1 amide bonds. The summed E-state index contributed by atoms with van der Waals surface area (Å²) < 4.78 is -1.21. The van der Waals surface area contributed by atoms with Gasteiger partial charge >= 0.3 is 0 Å². The highest BCUT2D eigenvalue weighted by atomic mass is 35.6. The summed E-state index contributed by atoms with van der Waals surface area (Å²) in [6, 6.07) is 0. The molecule has 0 saturated carbocycles. The van der Waals surface area contributed by atoms with Crippen LogP contribution in [0.2, 0.25) is 0 Å². The standard InChI is InChI=1S/C7H11Cl3N2O/c8-7(9,10)1-3-12-4-2-11-6(13)5-12/h1-5H2,(H,11,13). The van der Waals surface area contributed by atoms with Crippen LogP contribution in [0.15, 0.2) is 0 Å². The molecule has 0 spiro atoms. The number of amides is 1. The Kier molecular flexibility index (Phi) is 4.10. The Morgan fingerprint density at radius 1 is 1.46 bits per heavy atom. The van der Waals surface area contributed by atoms with Crippen LogP contribution in [0.1, 0.15) is 6.42 Å². The van der Waals surface area contributed by atoms with Gasteiger partial charge in [-0.25, -0.2) is 0 Å². The number of rotatable bonds is 2. The minimum Gasteiger partial charge on any atom is -0.354 e. The van der Waals surface area contributed by atoms with E-state index in [0.717, 1.165) is 6.54 Å². The zero-order valence-corrected chi connectivity index (χ0v) is 9.29. The molecule has 1 aliphatic rings. The summed E-state index contributed by atoms with van der Waals surface area (Å²) in [5.74, 6) is 0.0376. The third-order valence-electron chi connectivity index (χ3n) is 1.83. The van der Waals surface area contributed by atoms with Crippen LogP contribution in [0.4, 0.5) is 0 Å². The van der Waals surface area contributed by atoms with Crippen molar-refractivity contribution in [2.24, 2.45) is 0 Å². The van der Waals surface area contributed by atoms with E-state index in [0.29, 0.717) is 26.1 Å². The van der Waals surface area contributed by atoms with E-state index >= 15 is 0 Å². The lowest BCUT2D eigenvalue weighted by Gasteiger charge is -2.27. The van der Waals surface area contributed by atoms with Crippen LogP contribution in [0.3, 0.4) is 0 Å². The Labute approximate surface area is 92.3 Å². The highest BCUT2D eigenvalue weighted by molar-refractivity contribution is 6.67. The topological polar surface area (TPSA) is 32.3 Å². The molecule has 0 radical (unpaired) electrons. The minimum atomic E-state index is -1.21. The lowest BCUT2D eigenvalue weighted by molar-refractivity contribution is -0.124. The van der Waals surface area contributed by atoms with Crippen LogP contribution in [0, 0.1) is 0 Å². The molecule has 0 bridgehead atoms. The predicted molar refractivity (Wildman–Crippen MR) is 54.4 cm³/mol. The SMILES string of the molecule is O=C1CN(CCC(Cl)(Cl)Cl)CCN1. The van der Waals surface area contributed by atoms with E-state index < -0.39 is 3.79 Å². The average Bonchev–Trinajstić information content (AvgIpc) is 2.00. The molecular weight excluding hydrogens is 234 g/mol. The van der Waals surface area contributed by atoms with Crippen molar-refractivity contribution in [3.8, 4) is 0 Å². The number of carbonyl (C=O) groups excluding carboxylic acids is 1. The first-order chi connectivity index (χ1) is 5.97. The number of carbonyl (C=O) groups is 1. The second kappa shape index (κ2) is 4.69. The summed E-state index contributed by atoms with van der Waals surface area (Å²) in [6.45, 7) is 2.55. The lowest BCUT2D eigenvalue weighted by atomic mass is 10.3. The lowest BCUT2D eigenvalue weighted by Crippen LogP contribution is -2.48. The number of halogens is 3. The number of alkyl halides is 3. The van der Waals surface area contributed by atoms with Gasteiger partial charge < -0.3 is 5.32 Å². The van der Waals surface area contributed by atoms with Crippen LogP contribution in [-0.4, -0.2) is 40.8 Å². The molecule has 1 fully saturated rings. The van der Waals surface area contributed by atoms with E-state index in [1.807, 2.05) is 4.90 Å². The molecule has 1 rings (SSSR count). The third kappa shape index (κ3) is 4.91. The molecule has 1 heterocycles. The van der Waals surface area contributed by atoms with Crippen molar-refractivity contribution in [3.63, 3.8) is 0 Å². The molecular formula is C7H11Cl3N2O. The van der Waals surface area contributed by atoms with E-state index in [2.05, 4.69) is 5.32 Å². The number of piperazine rings is 1. The van der Waals surface area contributed by atoms with Gasteiger partial charge in [0.2, 0.25) is 5.91 Å². The molecule has 1 N–H and O–H groups in total. The van der Waals surface area contributed by atoms with Crippen molar-refractivity contribution in [1.82, 2.24) is 10.2 Å². The fourth-order valence-electron chi connectivity index (χ4n) is 1.17. The van der Waals surface area contributed by atoms with Crippen molar-refractivity contribution >= 4 is 40.7 Å². The monoisotopic (exact) mass is 244 g/mol. The maximum Gasteiger partial charge on any atom is 0.234 e. The first-order valence-corrected chi connectivity index (χ1v) is 5.16. The quantitative estimate of drug-likeness (QED) is 0.741. The molecule has 0 aromatic rings. The normalized spacial score (nSPS) is 20.1. The second-order valence-electron chi connectivity index (χ2n) is 2.99. The molecule has 6 heteroatoms. The van der Waals surface area contributed by atoms with E-state index in [1.54, 1.807) is 0 Å². The summed E-state index contributed by atoms with van der Waals surface area (Å²) >= 11 is 16.8. The maximum atomic E-state index is 10.9. The number of hydrogen-bond donors (Lipinski definition) is 1. The van der Waals surface area contributed by atoms with Crippen LogP contribution in [0.25, 0.3) is 0 Å². The zero-order valence-electron chi connectivity index (χ0n) is 7.02. The van der Waals surface area contributed by atoms with Crippen LogP contribution < -0.4 is 5.32 Å². The van der Waals surface area contributed by atoms with Gasteiger partial charge in [-0.15, -0.1) is 0 Å². The maximum absolute atomic E-state index is 10.9. The largest absolute Gasteiger partial charge is 0.354 e. The average molecular weight is 246 g/mol. The Hall–Kier alpha value is 0.300. The van der Waals surface area contributed by atoms with E-state index in [9.17, 15) is 4.79 Å². The van der Waals surface area contributed by atoms with Crippen molar-refractivity contribution in [3.05, 3.63) is 0 Å². The minimum absolute atomic E-state index is 0.0376.